The quantitative estimate of drug-likeness (QED) is 0.827. The van der Waals surface area contributed by atoms with E-state index in [1.807, 2.05) is 36.4 Å². The van der Waals surface area contributed by atoms with E-state index in [1.165, 1.54) is 0 Å². The topological polar surface area (TPSA) is 57.7 Å². The van der Waals surface area contributed by atoms with Gasteiger partial charge in [0, 0.05) is 50.2 Å². The molecular weight excluding hydrogens is 328 g/mol. The average Bonchev–Trinajstić information content (AvgIpc) is 2.70. The van der Waals surface area contributed by atoms with Crippen LogP contribution in [0.4, 0.5) is 11.5 Å². The number of morpholine rings is 1. The molecule has 1 aromatic heterocycles. The Balaban J connectivity index is 1.61. The lowest BCUT2D eigenvalue weighted by molar-refractivity contribution is 0.0383. The standard InChI is InChI=1S/C20H26N4O2/c1-2-24(18-6-4-3-5-7-18)19-16-17(8-9-21-19)20(25)22-10-11-23-12-14-26-15-13-23/h3-9,16H,2,10-15H2,1H3,(H,22,25). The van der Waals surface area contributed by atoms with E-state index in [-0.39, 0.29) is 5.91 Å². The molecule has 1 amide bonds. The summed E-state index contributed by atoms with van der Waals surface area (Å²) >= 11 is 0. The van der Waals surface area contributed by atoms with Crippen molar-refractivity contribution < 1.29 is 9.53 Å². The van der Waals surface area contributed by atoms with Gasteiger partial charge in [-0.3, -0.25) is 9.69 Å². The fourth-order valence-electron chi connectivity index (χ4n) is 3.05. The minimum absolute atomic E-state index is 0.0639. The Bertz CT molecular complexity index is 702. The molecule has 0 saturated carbocycles. The monoisotopic (exact) mass is 354 g/mol. The van der Waals surface area contributed by atoms with Crippen molar-refractivity contribution in [2.75, 3.05) is 50.8 Å². The molecule has 6 nitrogen and oxygen atoms in total. The Morgan fingerprint density at radius 2 is 2.00 bits per heavy atom. The van der Waals surface area contributed by atoms with Crippen molar-refractivity contribution in [3.63, 3.8) is 0 Å². The number of hydrogen-bond donors (Lipinski definition) is 1. The number of rotatable bonds is 7. The van der Waals surface area contributed by atoms with Gasteiger partial charge in [-0.1, -0.05) is 18.2 Å². The highest BCUT2D eigenvalue weighted by atomic mass is 16.5. The van der Waals surface area contributed by atoms with Crippen LogP contribution >= 0.6 is 0 Å². The highest BCUT2D eigenvalue weighted by molar-refractivity contribution is 5.95. The summed E-state index contributed by atoms with van der Waals surface area (Å²) < 4.78 is 5.34. The van der Waals surface area contributed by atoms with Crippen molar-refractivity contribution in [1.82, 2.24) is 15.2 Å². The first-order chi connectivity index (χ1) is 12.8. The number of hydrogen-bond acceptors (Lipinski definition) is 5. The van der Waals surface area contributed by atoms with Crippen LogP contribution in [-0.4, -0.2) is 61.7 Å². The zero-order chi connectivity index (χ0) is 18.2. The maximum atomic E-state index is 12.5. The van der Waals surface area contributed by atoms with Crippen molar-refractivity contribution in [2.24, 2.45) is 0 Å². The van der Waals surface area contributed by atoms with Crippen molar-refractivity contribution >= 4 is 17.4 Å². The SMILES string of the molecule is CCN(c1ccccc1)c1cc(C(=O)NCCN2CCOCC2)ccn1. The maximum absolute atomic E-state index is 12.5. The smallest absolute Gasteiger partial charge is 0.251 e. The molecule has 1 N–H and O–H groups in total. The van der Waals surface area contributed by atoms with Gasteiger partial charge in [-0.05, 0) is 31.2 Å². The number of para-hydroxylation sites is 1. The predicted molar refractivity (Wildman–Crippen MR) is 103 cm³/mol. The van der Waals surface area contributed by atoms with Gasteiger partial charge in [0.15, 0.2) is 0 Å². The number of carbonyl (C=O) groups excluding carboxylic acids is 1. The average molecular weight is 354 g/mol. The second-order valence-corrected chi connectivity index (χ2v) is 6.19. The maximum Gasteiger partial charge on any atom is 0.251 e. The largest absolute Gasteiger partial charge is 0.379 e. The summed E-state index contributed by atoms with van der Waals surface area (Å²) in [5.74, 6) is 0.713. The van der Waals surface area contributed by atoms with Gasteiger partial charge in [-0.15, -0.1) is 0 Å². The molecule has 1 aliphatic rings. The summed E-state index contributed by atoms with van der Waals surface area (Å²) in [6, 6.07) is 13.7. The van der Waals surface area contributed by atoms with Crippen LogP contribution in [0.2, 0.25) is 0 Å². The highest BCUT2D eigenvalue weighted by Crippen LogP contribution is 2.23. The van der Waals surface area contributed by atoms with Gasteiger partial charge < -0.3 is 15.0 Å². The Labute approximate surface area is 154 Å². The van der Waals surface area contributed by atoms with Crippen molar-refractivity contribution in [3.8, 4) is 0 Å². The summed E-state index contributed by atoms with van der Waals surface area (Å²) in [6.07, 6.45) is 1.69. The second-order valence-electron chi connectivity index (χ2n) is 6.19. The minimum atomic E-state index is -0.0639. The van der Waals surface area contributed by atoms with Gasteiger partial charge in [0.1, 0.15) is 5.82 Å². The zero-order valence-corrected chi connectivity index (χ0v) is 15.2. The highest BCUT2D eigenvalue weighted by Gasteiger charge is 2.13. The number of amides is 1. The summed E-state index contributed by atoms with van der Waals surface area (Å²) in [6.45, 7) is 7.73. The van der Waals surface area contributed by atoms with Crippen LogP contribution in [-0.2, 0) is 4.74 Å². The summed E-state index contributed by atoms with van der Waals surface area (Å²) in [5.41, 5.74) is 1.69. The normalized spacial score (nSPS) is 14.8. The molecule has 0 unspecified atom stereocenters. The van der Waals surface area contributed by atoms with E-state index in [4.69, 9.17) is 4.74 Å². The molecule has 3 rings (SSSR count). The van der Waals surface area contributed by atoms with E-state index in [2.05, 4.69) is 27.0 Å². The molecule has 0 radical (unpaired) electrons. The number of nitrogens with one attached hydrogen (secondary N) is 1. The molecule has 6 heteroatoms. The summed E-state index contributed by atoms with van der Waals surface area (Å²) in [4.78, 5) is 21.3. The van der Waals surface area contributed by atoms with Gasteiger partial charge in [-0.2, -0.15) is 0 Å². The third kappa shape index (κ3) is 4.80. The van der Waals surface area contributed by atoms with Gasteiger partial charge >= 0.3 is 0 Å². The third-order valence-electron chi connectivity index (χ3n) is 4.49. The predicted octanol–water partition coefficient (Wildman–Crippen LogP) is 2.30. The fourth-order valence-corrected chi connectivity index (χ4v) is 3.05. The summed E-state index contributed by atoms with van der Waals surface area (Å²) in [5, 5.41) is 3.00. The molecule has 1 aromatic carbocycles. The Kier molecular flexibility index (Phi) is 6.57. The van der Waals surface area contributed by atoms with Crippen LogP contribution in [0.15, 0.2) is 48.7 Å². The van der Waals surface area contributed by atoms with Crippen molar-refractivity contribution in [2.45, 2.75) is 6.92 Å². The van der Waals surface area contributed by atoms with Crippen LogP contribution in [0.25, 0.3) is 0 Å². The molecule has 2 heterocycles. The molecule has 0 atom stereocenters. The lowest BCUT2D eigenvalue weighted by atomic mass is 10.2. The number of anilines is 2. The minimum Gasteiger partial charge on any atom is -0.379 e. The Morgan fingerprint density at radius 1 is 1.23 bits per heavy atom. The molecule has 26 heavy (non-hydrogen) atoms. The van der Waals surface area contributed by atoms with E-state index in [1.54, 1.807) is 12.3 Å². The van der Waals surface area contributed by atoms with E-state index in [0.717, 1.165) is 50.9 Å². The molecule has 138 valence electrons. The van der Waals surface area contributed by atoms with Gasteiger partial charge in [0.05, 0.1) is 13.2 Å². The van der Waals surface area contributed by atoms with Gasteiger partial charge in [0.2, 0.25) is 0 Å². The van der Waals surface area contributed by atoms with Gasteiger partial charge in [-0.25, -0.2) is 4.98 Å². The van der Waals surface area contributed by atoms with Gasteiger partial charge in [0.25, 0.3) is 5.91 Å². The van der Waals surface area contributed by atoms with E-state index < -0.39 is 0 Å². The molecular formula is C20H26N4O2. The first-order valence-electron chi connectivity index (χ1n) is 9.15. The van der Waals surface area contributed by atoms with E-state index in [9.17, 15) is 4.79 Å². The third-order valence-corrected chi connectivity index (χ3v) is 4.49. The van der Waals surface area contributed by atoms with Crippen LogP contribution in [0, 0.1) is 0 Å². The molecule has 2 aromatic rings. The Hall–Kier alpha value is -2.44. The number of ether oxygens (including phenoxy) is 1. The van der Waals surface area contributed by atoms with E-state index >= 15 is 0 Å². The molecule has 0 bridgehead atoms. The second kappa shape index (κ2) is 9.31. The molecule has 0 spiro atoms. The van der Waals surface area contributed by atoms with E-state index in [0.29, 0.717) is 12.1 Å². The molecule has 1 aliphatic heterocycles. The number of carbonyl (C=O) groups is 1. The van der Waals surface area contributed by atoms with Crippen molar-refractivity contribution in [3.05, 3.63) is 54.2 Å². The number of aromatic nitrogens is 1. The lowest BCUT2D eigenvalue weighted by Gasteiger charge is -2.26. The summed E-state index contributed by atoms with van der Waals surface area (Å²) in [7, 11) is 0. The first-order valence-corrected chi connectivity index (χ1v) is 9.15. The molecule has 1 saturated heterocycles. The van der Waals surface area contributed by atoms with Crippen LogP contribution in [0.1, 0.15) is 17.3 Å². The Morgan fingerprint density at radius 3 is 2.73 bits per heavy atom. The number of benzene rings is 1. The molecule has 1 fully saturated rings. The fraction of sp³-hybridized carbons (Fsp3) is 0.400. The number of pyridine rings is 1. The van der Waals surface area contributed by atoms with Crippen LogP contribution in [0.3, 0.4) is 0 Å². The van der Waals surface area contributed by atoms with Crippen LogP contribution < -0.4 is 10.2 Å². The lowest BCUT2D eigenvalue weighted by Crippen LogP contribution is -2.41. The zero-order valence-electron chi connectivity index (χ0n) is 15.2. The number of nitrogens with zero attached hydrogens (tertiary/aromatic N) is 3. The van der Waals surface area contributed by atoms with Crippen molar-refractivity contribution in [1.29, 1.82) is 0 Å². The molecule has 0 aliphatic carbocycles. The van der Waals surface area contributed by atoms with Crippen LogP contribution in [0.5, 0.6) is 0 Å². The first kappa shape index (κ1) is 18.4.